The topological polar surface area (TPSA) is 83.1 Å². The van der Waals surface area contributed by atoms with E-state index in [2.05, 4.69) is 21.2 Å². The number of halogens is 1. The fraction of sp³-hybridized carbons (Fsp3) is 0.263. The summed E-state index contributed by atoms with van der Waals surface area (Å²) in [7, 11) is 2.97. The van der Waals surface area contributed by atoms with Gasteiger partial charge >= 0.3 is 5.97 Å². The van der Waals surface area contributed by atoms with E-state index in [1.807, 2.05) is 12.1 Å². The number of nitrogens with one attached hydrogen (secondary N) is 1. The van der Waals surface area contributed by atoms with Crippen molar-refractivity contribution in [3.05, 3.63) is 52.5 Å². The molecule has 0 heterocycles. The Kier molecular flexibility index (Phi) is 8.09. The van der Waals surface area contributed by atoms with Crippen LogP contribution in [0.4, 0.5) is 5.69 Å². The van der Waals surface area contributed by atoms with Gasteiger partial charge in [-0.1, -0.05) is 15.9 Å². The molecule has 144 valence electrons. The van der Waals surface area contributed by atoms with Crippen molar-refractivity contribution in [2.24, 2.45) is 0 Å². The van der Waals surface area contributed by atoms with E-state index in [0.29, 0.717) is 29.4 Å². The van der Waals surface area contributed by atoms with Crippen LogP contribution in [0.2, 0.25) is 0 Å². The van der Waals surface area contributed by atoms with Gasteiger partial charge in [-0.25, -0.2) is 4.79 Å². The minimum atomic E-state index is -0.495. The van der Waals surface area contributed by atoms with Crippen LogP contribution in [0.25, 0.3) is 0 Å². The first-order valence-corrected chi connectivity index (χ1v) is 8.85. The Morgan fingerprint density at radius 2 is 1.74 bits per heavy atom. The summed E-state index contributed by atoms with van der Waals surface area (Å²) in [6, 6.07) is 11.8. The second-order valence-electron chi connectivity index (χ2n) is 5.34. The Bertz CT molecular complexity index is 778. The minimum Gasteiger partial charge on any atom is -0.493 e. The van der Waals surface area contributed by atoms with E-state index in [0.717, 1.165) is 4.47 Å². The van der Waals surface area contributed by atoms with Crippen molar-refractivity contribution in [3.8, 4) is 11.5 Å². The Morgan fingerprint density at radius 1 is 1.00 bits per heavy atom. The lowest BCUT2D eigenvalue weighted by Crippen LogP contribution is -2.20. The molecule has 2 aromatic carbocycles. The molecule has 0 saturated carbocycles. The largest absolute Gasteiger partial charge is 0.493 e. The number of anilines is 1. The molecule has 0 aliphatic heterocycles. The Hall–Kier alpha value is -2.58. The van der Waals surface area contributed by atoms with Gasteiger partial charge in [-0.2, -0.15) is 0 Å². The minimum absolute atomic E-state index is 0.159. The summed E-state index contributed by atoms with van der Waals surface area (Å²) < 4.78 is 21.5. The summed E-state index contributed by atoms with van der Waals surface area (Å²) in [5.41, 5.74) is 0.975. The molecule has 1 amide bonds. The number of carbonyl (C=O) groups is 2. The second kappa shape index (κ2) is 10.5. The highest BCUT2D eigenvalue weighted by Gasteiger charge is 2.13. The summed E-state index contributed by atoms with van der Waals surface area (Å²) in [4.78, 5) is 24.0. The molecule has 2 aromatic rings. The lowest BCUT2D eigenvalue weighted by Gasteiger charge is -2.12. The zero-order valence-corrected chi connectivity index (χ0v) is 16.6. The van der Waals surface area contributed by atoms with Crippen LogP contribution in [0.1, 0.15) is 10.4 Å². The number of rotatable bonds is 9. The van der Waals surface area contributed by atoms with Crippen LogP contribution < -0.4 is 14.8 Å². The third-order valence-corrected chi connectivity index (χ3v) is 3.94. The van der Waals surface area contributed by atoms with E-state index in [1.54, 1.807) is 24.3 Å². The quantitative estimate of drug-likeness (QED) is 0.478. The predicted octanol–water partition coefficient (Wildman–Crippen LogP) is 3.28. The molecule has 0 radical (unpaired) electrons. The molecule has 0 aromatic heterocycles. The molecule has 0 saturated heterocycles. The molecule has 8 heteroatoms. The van der Waals surface area contributed by atoms with E-state index < -0.39 is 5.97 Å². The Morgan fingerprint density at radius 3 is 2.41 bits per heavy atom. The van der Waals surface area contributed by atoms with Crippen LogP contribution in [0.15, 0.2) is 46.9 Å². The first-order chi connectivity index (χ1) is 13.0. The molecule has 0 aliphatic rings. The molecular formula is C19H20BrNO6. The average Bonchev–Trinajstić information content (AvgIpc) is 2.68. The molecule has 0 aliphatic carbocycles. The highest BCUT2D eigenvalue weighted by atomic mass is 79.9. The lowest BCUT2D eigenvalue weighted by molar-refractivity contribution is -0.118. The lowest BCUT2D eigenvalue weighted by atomic mass is 10.2. The molecule has 0 spiro atoms. The van der Waals surface area contributed by atoms with Crippen molar-refractivity contribution in [1.82, 2.24) is 0 Å². The number of methoxy groups -OCH3 is 2. The van der Waals surface area contributed by atoms with Gasteiger partial charge < -0.3 is 24.3 Å². The third-order valence-electron chi connectivity index (χ3n) is 3.41. The maximum absolute atomic E-state index is 12.0. The van der Waals surface area contributed by atoms with Crippen LogP contribution >= 0.6 is 15.9 Å². The molecule has 0 fully saturated rings. The smallest absolute Gasteiger partial charge is 0.338 e. The second-order valence-corrected chi connectivity index (χ2v) is 6.25. The van der Waals surface area contributed by atoms with Crippen molar-refractivity contribution in [1.29, 1.82) is 0 Å². The maximum Gasteiger partial charge on any atom is 0.338 e. The highest BCUT2D eigenvalue weighted by molar-refractivity contribution is 9.10. The van der Waals surface area contributed by atoms with E-state index in [9.17, 15) is 9.59 Å². The van der Waals surface area contributed by atoms with E-state index >= 15 is 0 Å². The molecular weight excluding hydrogens is 418 g/mol. The van der Waals surface area contributed by atoms with Crippen LogP contribution in [-0.2, 0) is 14.3 Å². The van der Waals surface area contributed by atoms with Gasteiger partial charge in [0.05, 0.1) is 19.3 Å². The SMILES string of the molecule is COCCOC(=O)c1ccc(OCC(=O)Nc2ccc(Br)cc2)c(OC)c1. The number of amides is 1. The standard InChI is InChI=1S/C19H20BrNO6/c1-24-9-10-26-19(23)13-3-8-16(17(11-13)25-2)27-12-18(22)21-15-6-4-14(20)5-7-15/h3-8,11H,9-10,12H2,1-2H3,(H,21,22). The molecule has 0 bridgehead atoms. The summed E-state index contributed by atoms with van der Waals surface area (Å²) >= 11 is 3.33. The van der Waals surface area contributed by atoms with Gasteiger partial charge in [0.1, 0.15) is 6.61 Å². The number of benzene rings is 2. The Balaban J connectivity index is 1.94. The predicted molar refractivity (Wildman–Crippen MR) is 103 cm³/mol. The first kappa shape index (κ1) is 20.7. The van der Waals surface area contributed by atoms with Gasteiger partial charge in [-0.05, 0) is 42.5 Å². The van der Waals surface area contributed by atoms with Crippen LogP contribution in [0, 0.1) is 0 Å². The van der Waals surface area contributed by atoms with Crippen LogP contribution in [-0.4, -0.2) is 45.9 Å². The van der Waals surface area contributed by atoms with Gasteiger partial charge in [0.15, 0.2) is 18.1 Å². The fourth-order valence-corrected chi connectivity index (χ4v) is 2.35. The van der Waals surface area contributed by atoms with Crippen LogP contribution in [0.3, 0.4) is 0 Å². The van der Waals surface area contributed by atoms with E-state index in [-0.39, 0.29) is 19.1 Å². The molecule has 0 unspecified atom stereocenters. The molecule has 2 rings (SSSR count). The van der Waals surface area contributed by atoms with Gasteiger partial charge in [0.25, 0.3) is 5.91 Å². The zero-order valence-electron chi connectivity index (χ0n) is 15.0. The average molecular weight is 438 g/mol. The van der Waals surface area contributed by atoms with Crippen molar-refractivity contribution in [2.75, 3.05) is 39.4 Å². The van der Waals surface area contributed by atoms with Gasteiger partial charge in [0.2, 0.25) is 0 Å². The maximum atomic E-state index is 12.0. The fourth-order valence-electron chi connectivity index (χ4n) is 2.09. The normalized spacial score (nSPS) is 10.2. The summed E-state index contributed by atoms with van der Waals surface area (Å²) in [6.45, 7) is 0.272. The van der Waals surface area contributed by atoms with Crippen molar-refractivity contribution >= 4 is 33.5 Å². The zero-order chi connectivity index (χ0) is 19.6. The summed E-state index contributed by atoms with van der Waals surface area (Å²) in [6.07, 6.45) is 0. The first-order valence-electron chi connectivity index (χ1n) is 8.06. The monoisotopic (exact) mass is 437 g/mol. The summed E-state index contributed by atoms with van der Waals surface area (Å²) in [5, 5.41) is 2.72. The van der Waals surface area contributed by atoms with Crippen LogP contribution in [0.5, 0.6) is 11.5 Å². The van der Waals surface area contributed by atoms with Gasteiger partial charge in [0, 0.05) is 17.3 Å². The Labute approximate surface area is 165 Å². The third kappa shape index (κ3) is 6.58. The molecule has 0 atom stereocenters. The summed E-state index contributed by atoms with van der Waals surface area (Å²) in [5.74, 6) is -0.142. The highest BCUT2D eigenvalue weighted by Crippen LogP contribution is 2.28. The number of ether oxygens (including phenoxy) is 4. The number of carbonyl (C=O) groups excluding carboxylic acids is 2. The molecule has 7 nitrogen and oxygen atoms in total. The number of esters is 1. The number of hydrogen-bond donors (Lipinski definition) is 1. The molecule has 1 N–H and O–H groups in total. The van der Waals surface area contributed by atoms with E-state index in [1.165, 1.54) is 20.3 Å². The van der Waals surface area contributed by atoms with Gasteiger partial charge in [-0.15, -0.1) is 0 Å². The molecule has 27 heavy (non-hydrogen) atoms. The number of hydrogen-bond acceptors (Lipinski definition) is 6. The van der Waals surface area contributed by atoms with Crippen molar-refractivity contribution in [3.63, 3.8) is 0 Å². The van der Waals surface area contributed by atoms with Crippen molar-refractivity contribution < 1.29 is 28.5 Å². The van der Waals surface area contributed by atoms with Crippen molar-refractivity contribution in [2.45, 2.75) is 0 Å². The van der Waals surface area contributed by atoms with Gasteiger partial charge in [-0.3, -0.25) is 4.79 Å². The van der Waals surface area contributed by atoms with E-state index in [4.69, 9.17) is 18.9 Å².